The summed E-state index contributed by atoms with van der Waals surface area (Å²) in [5, 5.41) is 15.2. The van der Waals surface area contributed by atoms with E-state index in [4.69, 9.17) is 5.11 Å². The number of rotatable bonds is 3. The van der Waals surface area contributed by atoms with Crippen LogP contribution in [0.3, 0.4) is 0 Å². The number of hydrogen-bond acceptors (Lipinski definition) is 3. The molecule has 1 aliphatic rings. The summed E-state index contributed by atoms with van der Waals surface area (Å²) in [6.07, 6.45) is 5.00. The summed E-state index contributed by atoms with van der Waals surface area (Å²) in [6.45, 7) is 3.49. The lowest BCUT2D eigenvalue weighted by atomic mass is 10.00. The predicted molar refractivity (Wildman–Crippen MR) is 68.9 cm³/mol. The van der Waals surface area contributed by atoms with Gasteiger partial charge >= 0.3 is 12.0 Å². The zero-order valence-electron chi connectivity index (χ0n) is 10.9. The zero-order valence-corrected chi connectivity index (χ0v) is 10.9. The lowest BCUT2D eigenvalue weighted by Gasteiger charge is -2.30. The van der Waals surface area contributed by atoms with Crippen molar-refractivity contribution in [1.82, 2.24) is 14.7 Å². The topological polar surface area (TPSA) is 87.5 Å². The van der Waals surface area contributed by atoms with Crippen LogP contribution in [0.4, 0.5) is 10.5 Å². The third-order valence-electron chi connectivity index (χ3n) is 3.25. The van der Waals surface area contributed by atoms with Crippen molar-refractivity contribution in [3.05, 3.63) is 12.4 Å². The highest BCUT2D eigenvalue weighted by Crippen LogP contribution is 2.17. The minimum atomic E-state index is -0.967. The first kappa shape index (κ1) is 13.4. The number of carbonyl (C=O) groups excluding carboxylic acids is 1. The van der Waals surface area contributed by atoms with Crippen LogP contribution in [0.1, 0.15) is 19.8 Å². The van der Waals surface area contributed by atoms with Crippen molar-refractivity contribution in [2.75, 3.05) is 18.4 Å². The number of carbonyl (C=O) groups is 2. The number of nitrogens with one attached hydrogen (secondary N) is 1. The Morgan fingerprint density at radius 2 is 2.16 bits per heavy atom. The normalized spacial score (nSPS) is 16.4. The van der Waals surface area contributed by atoms with Crippen LogP contribution in [-0.4, -0.2) is 44.9 Å². The van der Waals surface area contributed by atoms with Crippen LogP contribution >= 0.6 is 0 Å². The van der Waals surface area contributed by atoms with Crippen LogP contribution in [0.2, 0.25) is 0 Å². The number of urea groups is 1. The number of hydrogen-bond donors (Lipinski definition) is 2. The van der Waals surface area contributed by atoms with Gasteiger partial charge in [-0.05, 0) is 18.8 Å². The fourth-order valence-electron chi connectivity index (χ4n) is 2.07. The fraction of sp³-hybridized carbons (Fsp3) is 0.583. The molecule has 2 heterocycles. The van der Waals surface area contributed by atoms with Crippen molar-refractivity contribution >= 4 is 17.7 Å². The molecule has 1 aliphatic heterocycles. The summed E-state index contributed by atoms with van der Waals surface area (Å²) in [7, 11) is 0. The maximum absolute atomic E-state index is 12.0. The number of piperidine rings is 1. The number of carboxylic acid groups (broad SMARTS) is 1. The van der Waals surface area contributed by atoms with Gasteiger partial charge in [-0.3, -0.25) is 9.48 Å². The zero-order chi connectivity index (χ0) is 13.8. The van der Waals surface area contributed by atoms with Gasteiger partial charge in [-0.1, -0.05) is 6.92 Å². The number of likely N-dealkylation sites (tertiary alicyclic amines) is 1. The second-order valence-electron chi connectivity index (χ2n) is 4.92. The van der Waals surface area contributed by atoms with Gasteiger partial charge in [0, 0.05) is 19.3 Å². The molecular weight excluding hydrogens is 248 g/mol. The highest BCUT2D eigenvalue weighted by atomic mass is 16.4. The minimum absolute atomic E-state index is 0.151. The van der Waals surface area contributed by atoms with E-state index in [-0.39, 0.29) is 12.6 Å². The quantitative estimate of drug-likeness (QED) is 0.861. The van der Waals surface area contributed by atoms with E-state index in [0.717, 1.165) is 25.9 Å². The largest absolute Gasteiger partial charge is 0.480 e. The molecule has 1 fully saturated rings. The van der Waals surface area contributed by atoms with E-state index in [1.165, 1.54) is 17.1 Å². The number of aliphatic carboxylic acids is 1. The van der Waals surface area contributed by atoms with Gasteiger partial charge in [-0.15, -0.1) is 0 Å². The Hall–Kier alpha value is -2.05. The predicted octanol–water partition coefficient (Wildman–Crippen LogP) is 1.23. The summed E-state index contributed by atoms with van der Waals surface area (Å²) < 4.78 is 1.27. The van der Waals surface area contributed by atoms with Gasteiger partial charge in [-0.25, -0.2) is 4.79 Å². The molecule has 1 aromatic heterocycles. The third kappa shape index (κ3) is 3.70. The first-order valence-corrected chi connectivity index (χ1v) is 6.35. The van der Waals surface area contributed by atoms with Crippen molar-refractivity contribution in [3.8, 4) is 0 Å². The van der Waals surface area contributed by atoms with E-state index in [9.17, 15) is 9.59 Å². The fourth-order valence-corrected chi connectivity index (χ4v) is 2.07. The third-order valence-corrected chi connectivity index (χ3v) is 3.25. The summed E-state index contributed by atoms with van der Waals surface area (Å²) in [4.78, 5) is 24.3. The van der Waals surface area contributed by atoms with Crippen LogP contribution in [0.15, 0.2) is 12.4 Å². The molecule has 2 N–H and O–H groups in total. The second-order valence-corrected chi connectivity index (χ2v) is 4.92. The van der Waals surface area contributed by atoms with E-state index in [1.54, 1.807) is 4.90 Å². The summed E-state index contributed by atoms with van der Waals surface area (Å²) in [5.41, 5.74) is 0.518. The van der Waals surface area contributed by atoms with Gasteiger partial charge in [0.1, 0.15) is 6.54 Å². The SMILES string of the molecule is CC1CCN(C(=O)Nc2cnn(CC(=O)O)c2)CC1. The van der Waals surface area contributed by atoms with Gasteiger partial charge < -0.3 is 15.3 Å². The monoisotopic (exact) mass is 266 g/mol. The first-order chi connectivity index (χ1) is 9.04. The Kier molecular flexibility index (Phi) is 4.03. The Labute approximate surface area is 111 Å². The summed E-state index contributed by atoms with van der Waals surface area (Å²) >= 11 is 0. The molecule has 0 bridgehead atoms. The van der Waals surface area contributed by atoms with Gasteiger partial charge in [0.2, 0.25) is 0 Å². The van der Waals surface area contributed by atoms with Crippen LogP contribution < -0.4 is 5.32 Å². The Bertz CT molecular complexity index is 463. The highest BCUT2D eigenvalue weighted by molar-refractivity contribution is 5.89. The van der Waals surface area contributed by atoms with Crippen LogP contribution in [0, 0.1) is 5.92 Å². The smallest absolute Gasteiger partial charge is 0.325 e. The van der Waals surface area contributed by atoms with E-state index in [0.29, 0.717) is 11.6 Å². The lowest BCUT2D eigenvalue weighted by Crippen LogP contribution is -2.40. The molecule has 7 nitrogen and oxygen atoms in total. The maximum Gasteiger partial charge on any atom is 0.325 e. The van der Waals surface area contributed by atoms with Gasteiger partial charge in [0.05, 0.1) is 11.9 Å². The molecule has 7 heteroatoms. The van der Waals surface area contributed by atoms with E-state index in [2.05, 4.69) is 17.3 Å². The van der Waals surface area contributed by atoms with Crippen LogP contribution in [0.25, 0.3) is 0 Å². The molecule has 0 unspecified atom stereocenters. The number of anilines is 1. The van der Waals surface area contributed by atoms with Crippen molar-refractivity contribution < 1.29 is 14.7 Å². The second kappa shape index (κ2) is 5.73. The summed E-state index contributed by atoms with van der Waals surface area (Å²) in [5.74, 6) is -0.298. The molecule has 0 aromatic carbocycles. The van der Waals surface area contributed by atoms with Crippen LogP contribution in [-0.2, 0) is 11.3 Å². The lowest BCUT2D eigenvalue weighted by molar-refractivity contribution is -0.137. The number of aromatic nitrogens is 2. The molecule has 104 valence electrons. The van der Waals surface area contributed by atoms with E-state index < -0.39 is 5.97 Å². The number of carboxylic acids is 1. The van der Waals surface area contributed by atoms with Crippen molar-refractivity contribution in [1.29, 1.82) is 0 Å². The molecular formula is C12H18N4O3. The standard InChI is InChI=1S/C12H18N4O3/c1-9-2-4-15(5-3-9)12(19)14-10-6-13-16(7-10)8-11(17)18/h6-7,9H,2-5,8H2,1H3,(H,14,19)(H,17,18). The average Bonchev–Trinajstić information content (AvgIpc) is 2.76. The first-order valence-electron chi connectivity index (χ1n) is 6.35. The van der Waals surface area contributed by atoms with Gasteiger partial charge in [0.25, 0.3) is 0 Å². The molecule has 2 amide bonds. The Balaban J connectivity index is 1.88. The van der Waals surface area contributed by atoms with Crippen molar-refractivity contribution in [2.45, 2.75) is 26.3 Å². The van der Waals surface area contributed by atoms with Crippen LogP contribution in [0.5, 0.6) is 0 Å². The molecule has 1 aromatic rings. The molecule has 0 spiro atoms. The number of amides is 2. The molecule has 2 rings (SSSR count). The van der Waals surface area contributed by atoms with E-state index >= 15 is 0 Å². The molecule has 0 atom stereocenters. The maximum atomic E-state index is 12.0. The molecule has 1 saturated heterocycles. The molecule has 0 saturated carbocycles. The van der Waals surface area contributed by atoms with Gasteiger partial charge in [0.15, 0.2) is 0 Å². The molecule has 19 heavy (non-hydrogen) atoms. The van der Waals surface area contributed by atoms with E-state index in [1.807, 2.05) is 0 Å². The Morgan fingerprint density at radius 3 is 2.79 bits per heavy atom. The minimum Gasteiger partial charge on any atom is -0.480 e. The Morgan fingerprint density at radius 1 is 1.47 bits per heavy atom. The molecule has 0 aliphatic carbocycles. The highest BCUT2D eigenvalue weighted by Gasteiger charge is 2.20. The summed E-state index contributed by atoms with van der Waals surface area (Å²) in [6, 6.07) is -0.151. The van der Waals surface area contributed by atoms with Crippen molar-refractivity contribution in [3.63, 3.8) is 0 Å². The number of nitrogens with zero attached hydrogens (tertiary/aromatic N) is 3. The molecule has 0 radical (unpaired) electrons. The average molecular weight is 266 g/mol. The van der Waals surface area contributed by atoms with Gasteiger partial charge in [-0.2, -0.15) is 5.10 Å². The van der Waals surface area contributed by atoms with Crippen molar-refractivity contribution in [2.24, 2.45) is 5.92 Å².